The van der Waals surface area contributed by atoms with E-state index in [1.807, 2.05) is 13.8 Å². The van der Waals surface area contributed by atoms with Crippen LogP contribution in [0.1, 0.15) is 29.7 Å². The zero-order chi connectivity index (χ0) is 12.3. The van der Waals surface area contributed by atoms with Crippen molar-refractivity contribution >= 4 is 17.3 Å². The standard InChI is InChI=1S/C12H18N4S/c1-4-5-16-7-9(2)14-12(16)13-6-11-8-17-10(3)15-11/h7-8H,4-6H2,1-3H3,(H,13,14). The van der Waals surface area contributed by atoms with E-state index in [0.717, 1.165) is 41.9 Å². The molecule has 0 spiro atoms. The summed E-state index contributed by atoms with van der Waals surface area (Å²) in [5.74, 6) is 0.940. The number of nitrogens with zero attached hydrogens (tertiary/aromatic N) is 3. The third-order valence-electron chi connectivity index (χ3n) is 2.46. The monoisotopic (exact) mass is 250 g/mol. The molecule has 2 aromatic heterocycles. The zero-order valence-electron chi connectivity index (χ0n) is 10.5. The Labute approximate surface area is 106 Å². The van der Waals surface area contributed by atoms with Crippen LogP contribution in [0.2, 0.25) is 0 Å². The maximum absolute atomic E-state index is 4.48. The Morgan fingerprint density at radius 1 is 1.35 bits per heavy atom. The van der Waals surface area contributed by atoms with E-state index < -0.39 is 0 Å². The minimum atomic E-state index is 0.741. The third-order valence-corrected chi connectivity index (χ3v) is 3.28. The Kier molecular flexibility index (Phi) is 3.78. The van der Waals surface area contributed by atoms with Crippen molar-refractivity contribution in [2.75, 3.05) is 5.32 Å². The lowest BCUT2D eigenvalue weighted by atomic mass is 10.4. The quantitative estimate of drug-likeness (QED) is 0.887. The summed E-state index contributed by atoms with van der Waals surface area (Å²) in [5, 5.41) is 6.54. The molecule has 0 radical (unpaired) electrons. The Morgan fingerprint density at radius 3 is 2.82 bits per heavy atom. The maximum atomic E-state index is 4.48. The molecule has 0 aromatic carbocycles. The maximum Gasteiger partial charge on any atom is 0.203 e. The SMILES string of the molecule is CCCn1cc(C)nc1NCc1csc(C)n1. The number of aryl methyl sites for hydroxylation is 3. The molecule has 0 saturated heterocycles. The number of thiazole rings is 1. The van der Waals surface area contributed by atoms with Crippen molar-refractivity contribution in [2.45, 2.75) is 40.3 Å². The van der Waals surface area contributed by atoms with Gasteiger partial charge in [0.2, 0.25) is 5.95 Å². The molecule has 0 unspecified atom stereocenters. The molecule has 0 amide bonds. The minimum absolute atomic E-state index is 0.741. The van der Waals surface area contributed by atoms with Crippen LogP contribution < -0.4 is 5.32 Å². The average molecular weight is 250 g/mol. The molecule has 0 fully saturated rings. The van der Waals surface area contributed by atoms with E-state index >= 15 is 0 Å². The van der Waals surface area contributed by atoms with E-state index in [2.05, 4.69) is 38.4 Å². The molecule has 5 heteroatoms. The van der Waals surface area contributed by atoms with Crippen molar-refractivity contribution in [1.29, 1.82) is 0 Å². The molecule has 0 aliphatic carbocycles. The number of anilines is 1. The molecule has 2 rings (SSSR count). The molecule has 2 heterocycles. The van der Waals surface area contributed by atoms with Crippen LogP contribution in [0.5, 0.6) is 0 Å². The number of nitrogens with one attached hydrogen (secondary N) is 1. The molecule has 17 heavy (non-hydrogen) atoms. The molecule has 2 aromatic rings. The van der Waals surface area contributed by atoms with Gasteiger partial charge in [-0.05, 0) is 20.3 Å². The van der Waals surface area contributed by atoms with Gasteiger partial charge in [0.15, 0.2) is 0 Å². The van der Waals surface area contributed by atoms with E-state index in [9.17, 15) is 0 Å². The summed E-state index contributed by atoms with van der Waals surface area (Å²) in [6, 6.07) is 0. The van der Waals surface area contributed by atoms with Crippen LogP contribution in [0.4, 0.5) is 5.95 Å². The van der Waals surface area contributed by atoms with E-state index in [-0.39, 0.29) is 0 Å². The first-order valence-electron chi connectivity index (χ1n) is 5.87. The number of imidazole rings is 1. The first-order valence-corrected chi connectivity index (χ1v) is 6.75. The molecule has 0 atom stereocenters. The number of hydrogen-bond donors (Lipinski definition) is 1. The molecule has 0 saturated carbocycles. The highest BCUT2D eigenvalue weighted by atomic mass is 32.1. The minimum Gasteiger partial charge on any atom is -0.350 e. The topological polar surface area (TPSA) is 42.7 Å². The number of rotatable bonds is 5. The number of aromatic nitrogens is 3. The fourth-order valence-electron chi connectivity index (χ4n) is 1.76. The molecule has 0 bridgehead atoms. The van der Waals surface area contributed by atoms with Crippen molar-refractivity contribution in [2.24, 2.45) is 0 Å². The highest BCUT2D eigenvalue weighted by Gasteiger charge is 2.05. The number of hydrogen-bond acceptors (Lipinski definition) is 4. The van der Waals surface area contributed by atoms with Crippen molar-refractivity contribution in [3.05, 3.63) is 28.0 Å². The lowest BCUT2D eigenvalue weighted by Gasteiger charge is -2.07. The Balaban J connectivity index is 2.02. The molecular formula is C12H18N4S. The Hall–Kier alpha value is -1.36. The lowest BCUT2D eigenvalue weighted by molar-refractivity contribution is 0.681. The van der Waals surface area contributed by atoms with Crippen LogP contribution in [0.3, 0.4) is 0 Å². The zero-order valence-corrected chi connectivity index (χ0v) is 11.3. The first kappa shape index (κ1) is 12.1. The summed E-state index contributed by atoms with van der Waals surface area (Å²) in [4.78, 5) is 8.91. The Morgan fingerprint density at radius 2 is 2.18 bits per heavy atom. The fraction of sp³-hybridized carbons (Fsp3) is 0.500. The van der Waals surface area contributed by atoms with Gasteiger partial charge in [-0.1, -0.05) is 6.92 Å². The lowest BCUT2D eigenvalue weighted by Crippen LogP contribution is -2.07. The molecule has 4 nitrogen and oxygen atoms in total. The smallest absolute Gasteiger partial charge is 0.203 e. The largest absolute Gasteiger partial charge is 0.350 e. The second-order valence-electron chi connectivity index (χ2n) is 4.11. The summed E-state index contributed by atoms with van der Waals surface area (Å²) in [6.45, 7) is 7.95. The van der Waals surface area contributed by atoms with Gasteiger partial charge in [-0.2, -0.15) is 0 Å². The van der Waals surface area contributed by atoms with Crippen LogP contribution in [0.15, 0.2) is 11.6 Å². The fourth-order valence-corrected chi connectivity index (χ4v) is 2.37. The average Bonchev–Trinajstić information content (AvgIpc) is 2.83. The van der Waals surface area contributed by atoms with Crippen LogP contribution >= 0.6 is 11.3 Å². The van der Waals surface area contributed by atoms with Crippen molar-refractivity contribution < 1.29 is 0 Å². The van der Waals surface area contributed by atoms with Gasteiger partial charge in [0, 0.05) is 18.1 Å². The highest BCUT2D eigenvalue weighted by molar-refractivity contribution is 7.09. The summed E-state index contributed by atoms with van der Waals surface area (Å²) in [7, 11) is 0. The predicted molar refractivity (Wildman–Crippen MR) is 71.4 cm³/mol. The van der Waals surface area contributed by atoms with Crippen molar-refractivity contribution in [3.8, 4) is 0 Å². The van der Waals surface area contributed by atoms with Gasteiger partial charge >= 0.3 is 0 Å². The van der Waals surface area contributed by atoms with Gasteiger partial charge in [0.25, 0.3) is 0 Å². The van der Waals surface area contributed by atoms with E-state index in [1.54, 1.807) is 11.3 Å². The van der Waals surface area contributed by atoms with Crippen molar-refractivity contribution in [1.82, 2.24) is 14.5 Å². The normalized spacial score (nSPS) is 10.8. The van der Waals surface area contributed by atoms with Crippen LogP contribution in [0, 0.1) is 13.8 Å². The van der Waals surface area contributed by atoms with Gasteiger partial charge in [-0.15, -0.1) is 11.3 Å². The van der Waals surface area contributed by atoms with Gasteiger partial charge in [-0.25, -0.2) is 9.97 Å². The highest BCUT2D eigenvalue weighted by Crippen LogP contribution is 2.12. The van der Waals surface area contributed by atoms with E-state index in [4.69, 9.17) is 0 Å². The van der Waals surface area contributed by atoms with Gasteiger partial charge in [-0.3, -0.25) is 0 Å². The molecule has 1 N–H and O–H groups in total. The molecule has 0 aliphatic rings. The van der Waals surface area contributed by atoms with Crippen LogP contribution in [-0.2, 0) is 13.1 Å². The molecular weight excluding hydrogens is 232 g/mol. The summed E-state index contributed by atoms with van der Waals surface area (Å²) in [6.07, 6.45) is 3.19. The summed E-state index contributed by atoms with van der Waals surface area (Å²) in [5.41, 5.74) is 2.13. The van der Waals surface area contributed by atoms with E-state index in [0.29, 0.717) is 0 Å². The Bertz CT molecular complexity index is 486. The van der Waals surface area contributed by atoms with E-state index in [1.165, 1.54) is 0 Å². The van der Waals surface area contributed by atoms with Crippen LogP contribution in [-0.4, -0.2) is 14.5 Å². The van der Waals surface area contributed by atoms with Crippen molar-refractivity contribution in [3.63, 3.8) is 0 Å². The summed E-state index contributed by atoms with van der Waals surface area (Å²) >= 11 is 1.68. The predicted octanol–water partition coefficient (Wildman–Crippen LogP) is 2.98. The van der Waals surface area contributed by atoms with Crippen LogP contribution in [0.25, 0.3) is 0 Å². The first-order chi connectivity index (χ1) is 8.19. The second-order valence-corrected chi connectivity index (χ2v) is 5.17. The summed E-state index contributed by atoms with van der Waals surface area (Å²) < 4.78 is 2.16. The van der Waals surface area contributed by atoms with Gasteiger partial charge in [0.05, 0.1) is 22.9 Å². The molecule has 0 aliphatic heterocycles. The second kappa shape index (κ2) is 5.31. The van der Waals surface area contributed by atoms with Gasteiger partial charge < -0.3 is 9.88 Å². The molecule has 92 valence electrons. The third kappa shape index (κ3) is 3.06. The van der Waals surface area contributed by atoms with Gasteiger partial charge in [0.1, 0.15) is 0 Å².